The number of anilines is 1. The highest BCUT2D eigenvalue weighted by Gasteiger charge is 2.10. The predicted octanol–water partition coefficient (Wildman–Crippen LogP) is 1.60. The zero-order chi connectivity index (χ0) is 12.3. The van der Waals surface area contributed by atoms with Crippen LogP contribution in [0, 0.1) is 0 Å². The number of nitrogens with one attached hydrogen (secondary N) is 1. The summed E-state index contributed by atoms with van der Waals surface area (Å²) in [6, 6.07) is 9.72. The maximum Gasteiger partial charge on any atom is 0.323 e. The highest BCUT2D eigenvalue weighted by molar-refractivity contribution is 5.72. The van der Waals surface area contributed by atoms with Gasteiger partial charge in [-0.2, -0.15) is 0 Å². The number of benzene rings is 1. The molecular formula is C12H13N3O2. The van der Waals surface area contributed by atoms with Crippen LogP contribution < -0.4 is 4.90 Å². The summed E-state index contributed by atoms with van der Waals surface area (Å²) in [4.78, 5) is 19.4. The fourth-order valence-corrected chi connectivity index (χ4v) is 1.54. The van der Waals surface area contributed by atoms with Crippen molar-refractivity contribution in [3.05, 3.63) is 36.5 Å². The molecule has 2 N–H and O–H groups in total. The van der Waals surface area contributed by atoms with Gasteiger partial charge in [-0.25, -0.2) is 4.98 Å². The standard InChI is InChI=1S/C12H13N3O2/c1-15(8-11(16)17)12-13-7-10(14-12)9-5-3-2-4-6-9/h2-7H,8H2,1H3,(H,13,14)(H,16,17). The number of carboxylic acids is 1. The highest BCUT2D eigenvalue weighted by Crippen LogP contribution is 2.18. The van der Waals surface area contributed by atoms with Gasteiger partial charge in [0, 0.05) is 18.8 Å². The van der Waals surface area contributed by atoms with E-state index in [0.29, 0.717) is 5.95 Å². The van der Waals surface area contributed by atoms with Crippen LogP contribution in [0.3, 0.4) is 0 Å². The average Bonchev–Trinajstić information content (AvgIpc) is 2.78. The van der Waals surface area contributed by atoms with Crippen molar-refractivity contribution in [1.82, 2.24) is 9.97 Å². The summed E-state index contributed by atoms with van der Waals surface area (Å²) >= 11 is 0. The summed E-state index contributed by atoms with van der Waals surface area (Å²) in [7, 11) is 1.68. The normalized spacial score (nSPS) is 10.2. The molecule has 5 heteroatoms. The molecule has 0 unspecified atom stereocenters. The first-order chi connectivity index (χ1) is 8.16. The minimum absolute atomic E-state index is 0.0816. The summed E-state index contributed by atoms with van der Waals surface area (Å²) in [5.41, 5.74) is 1.80. The van der Waals surface area contributed by atoms with E-state index in [2.05, 4.69) is 9.97 Å². The number of hydrogen-bond donors (Lipinski definition) is 2. The lowest BCUT2D eigenvalue weighted by Crippen LogP contribution is -2.25. The lowest BCUT2D eigenvalue weighted by molar-refractivity contribution is -0.135. The summed E-state index contributed by atoms with van der Waals surface area (Å²) in [6.07, 6.45) is 1.77. The molecule has 2 rings (SSSR count). The Morgan fingerprint density at radius 2 is 2.12 bits per heavy atom. The molecule has 0 atom stereocenters. The molecule has 1 aromatic carbocycles. The van der Waals surface area contributed by atoms with Gasteiger partial charge in [0.25, 0.3) is 0 Å². The number of aromatic nitrogens is 2. The molecule has 88 valence electrons. The Balaban J connectivity index is 2.19. The molecule has 0 aliphatic heterocycles. The van der Waals surface area contributed by atoms with Crippen LogP contribution in [0.2, 0.25) is 0 Å². The number of H-pyrrole nitrogens is 1. The first kappa shape index (κ1) is 11.2. The van der Waals surface area contributed by atoms with Gasteiger partial charge in [0.1, 0.15) is 6.54 Å². The van der Waals surface area contributed by atoms with Crippen LogP contribution >= 0.6 is 0 Å². The van der Waals surface area contributed by atoms with Crippen LogP contribution in [-0.4, -0.2) is 34.6 Å². The van der Waals surface area contributed by atoms with E-state index in [9.17, 15) is 4.79 Å². The van der Waals surface area contributed by atoms with E-state index in [4.69, 9.17) is 5.11 Å². The molecule has 0 saturated heterocycles. The van der Waals surface area contributed by atoms with E-state index in [1.165, 1.54) is 0 Å². The van der Waals surface area contributed by atoms with Crippen LogP contribution in [0.1, 0.15) is 0 Å². The van der Waals surface area contributed by atoms with Crippen LogP contribution in [0.15, 0.2) is 36.5 Å². The lowest BCUT2D eigenvalue weighted by atomic mass is 10.2. The van der Waals surface area contributed by atoms with E-state index in [0.717, 1.165) is 11.3 Å². The average molecular weight is 231 g/mol. The van der Waals surface area contributed by atoms with Crippen LogP contribution in [-0.2, 0) is 4.79 Å². The first-order valence-corrected chi connectivity index (χ1v) is 5.20. The monoisotopic (exact) mass is 231 g/mol. The number of likely N-dealkylation sites (N-methyl/N-ethyl adjacent to an activating group) is 1. The van der Waals surface area contributed by atoms with Crippen molar-refractivity contribution in [3.8, 4) is 11.3 Å². The Morgan fingerprint density at radius 1 is 1.41 bits per heavy atom. The molecule has 5 nitrogen and oxygen atoms in total. The van der Waals surface area contributed by atoms with Crippen molar-refractivity contribution in [2.45, 2.75) is 0 Å². The second-order valence-electron chi connectivity index (χ2n) is 3.73. The van der Waals surface area contributed by atoms with Gasteiger partial charge in [0.15, 0.2) is 0 Å². The van der Waals surface area contributed by atoms with Gasteiger partial charge >= 0.3 is 5.97 Å². The summed E-state index contributed by atoms with van der Waals surface area (Å²) in [6.45, 7) is -0.0816. The zero-order valence-corrected chi connectivity index (χ0v) is 9.42. The molecule has 0 spiro atoms. The van der Waals surface area contributed by atoms with Gasteiger partial charge in [-0.05, 0) is 0 Å². The van der Waals surface area contributed by atoms with Crippen molar-refractivity contribution < 1.29 is 9.90 Å². The lowest BCUT2D eigenvalue weighted by Gasteiger charge is -2.11. The van der Waals surface area contributed by atoms with Crippen LogP contribution in [0.25, 0.3) is 11.3 Å². The molecule has 1 heterocycles. The van der Waals surface area contributed by atoms with E-state index >= 15 is 0 Å². The van der Waals surface area contributed by atoms with Gasteiger partial charge in [0.2, 0.25) is 5.95 Å². The quantitative estimate of drug-likeness (QED) is 0.838. The number of nitrogens with zero attached hydrogens (tertiary/aromatic N) is 2. The Kier molecular flexibility index (Phi) is 3.09. The topological polar surface area (TPSA) is 69.2 Å². The Morgan fingerprint density at radius 3 is 2.76 bits per heavy atom. The number of carboxylic acid groups (broad SMARTS) is 1. The molecule has 0 amide bonds. The molecular weight excluding hydrogens is 218 g/mol. The minimum Gasteiger partial charge on any atom is -0.480 e. The van der Waals surface area contributed by atoms with Crippen LogP contribution in [0.5, 0.6) is 0 Å². The molecule has 0 bridgehead atoms. The molecule has 2 aromatic rings. The predicted molar refractivity (Wildman–Crippen MR) is 64.9 cm³/mol. The fraction of sp³-hybridized carbons (Fsp3) is 0.167. The molecule has 0 aliphatic carbocycles. The third-order valence-corrected chi connectivity index (χ3v) is 2.37. The smallest absolute Gasteiger partial charge is 0.323 e. The number of imidazole rings is 1. The molecule has 0 fully saturated rings. The van der Waals surface area contributed by atoms with Gasteiger partial charge in [-0.15, -0.1) is 0 Å². The molecule has 1 aromatic heterocycles. The van der Waals surface area contributed by atoms with E-state index in [1.54, 1.807) is 18.1 Å². The zero-order valence-electron chi connectivity index (χ0n) is 9.42. The first-order valence-electron chi connectivity index (χ1n) is 5.20. The number of rotatable bonds is 4. The van der Waals surface area contributed by atoms with Gasteiger partial charge in [-0.1, -0.05) is 30.3 Å². The molecule has 17 heavy (non-hydrogen) atoms. The van der Waals surface area contributed by atoms with Gasteiger partial charge < -0.3 is 15.0 Å². The second-order valence-corrected chi connectivity index (χ2v) is 3.73. The largest absolute Gasteiger partial charge is 0.480 e. The SMILES string of the molecule is CN(CC(=O)O)c1nc(-c2ccccc2)c[nH]1. The molecule has 0 aliphatic rings. The van der Waals surface area contributed by atoms with Crippen molar-refractivity contribution >= 4 is 11.9 Å². The molecule has 0 saturated carbocycles. The molecule has 0 radical (unpaired) electrons. The third kappa shape index (κ3) is 2.63. The minimum atomic E-state index is -0.884. The summed E-state index contributed by atoms with van der Waals surface area (Å²) < 4.78 is 0. The number of aliphatic carboxylic acids is 1. The van der Waals surface area contributed by atoms with E-state index in [1.807, 2.05) is 30.3 Å². The van der Waals surface area contributed by atoms with E-state index in [-0.39, 0.29) is 6.54 Å². The third-order valence-electron chi connectivity index (χ3n) is 2.37. The maximum absolute atomic E-state index is 10.6. The van der Waals surface area contributed by atoms with Crippen molar-refractivity contribution in [2.75, 3.05) is 18.5 Å². The maximum atomic E-state index is 10.6. The Bertz CT molecular complexity index is 507. The fourth-order valence-electron chi connectivity index (χ4n) is 1.54. The highest BCUT2D eigenvalue weighted by atomic mass is 16.4. The summed E-state index contributed by atoms with van der Waals surface area (Å²) in [5.74, 6) is -0.337. The van der Waals surface area contributed by atoms with Gasteiger partial charge in [-0.3, -0.25) is 4.79 Å². The Labute approximate surface area is 98.7 Å². The van der Waals surface area contributed by atoms with Gasteiger partial charge in [0.05, 0.1) is 5.69 Å². The van der Waals surface area contributed by atoms with Crippen molar-refractivity contribution in [3.63, 3.8) is 0 Å². The Hall–Kier alpha value is -2.30. The second kappa shape index (κ2) is 4.69. The van der Waals surface area contributed by atoms with Crippen molar-refractivity contribution in [1.29, 1.82) is 0 Å². The number of carbonyl (C=O) groups is 1. The summed E-state index contributed by atoms with van der Waals surface area (Å²) in [5, 5.41) is 8.69. The van der Waals surface area contributed by atoms with E-state index < -0.39 is 5.97 Å². The number of hydrogen-bond acceptors (Lipinski definition) is 3. The van der Waals surface area contributed by atoms with Crippen molar-refractivity contribution in [2.24, 2.45) is 0 Å². The number of aromatic amines is 1. The van der Waals surface area contributed by atoms with Crippen LogP contribution in [0.4, 0.5) is 5.95 Å².